The number of rotatable bonds is 2. The van der Waals surface area contributed by atoms with Gasteiger partial charge in [0.05, 0.1) is 6.61 Å². The highest BCUT2D eigenvalue weighted by Gasteiger charge is 2.48. The van der Waals surface area contributed by atoms with Crippen molar-refractivity contribution in [1.29, 1.82) is 0 Å². The normalized spacial score (nSPS) is 25.4. The lowest BCUT2D eigenvalue weighted by Gasteiger charge is -2.41. The van der Waals surface area contributed by atoms with Gasteiger partial charge in [-0.1, -0.05) is 0 Å². The number of nitrogens with one attached hydrogen (secondary N) is 1. The van der Waals surface area contributed by atoms with E-state index in [9.17, 15) is 18.0 Å². The number of aromatic nitrogens is 2. The zero-order chi connectivity index (χ0) is 23.4. The molecule has 1 aromatic heterocycles. The molecule has 178 valence electrons. The number of carboxylic acid groups (broad SMARTS) is 1. The SMILES string of the molecule is Cc1cnc(N2CCC3(COCCC3NC(=O)N3CCCC3)C2)nc1.O=C(O)C(F)(F)F. The molecule has 3 fully saturated rings. The molecule has 2 N–H and O–H groups in total. The van der Waals surface area contributed by atoms with Gasteiger partial charge in [0.25, 0.3) is 0 Å². The number of ether oxygens (including phenoxy) is 1. The Morgan fingerprint density at radius 3 is 2.44 bits per heavy atom. The molecule has 4 rings (SSSR count). The molecule has 32 heavy (non-hydrogen) atoms. The van der Waals surface area contributed by atoms with E-state index in [0.29, 0.717) is 13.2 Å². The highest BCUT2D eigenvalue weighted by atomic mass is 19.4. The monoisotopic (exact) mass is 459 g/mol. The first-order valence-electron chi connectivity index (χ1n) is 10.6. The Bertz CT molecular complexity index is 801. The number of hydrogen-bond acceptors (Lipinski definition) is 6. The van der Waals surface area contributed by atoms with Gasteiger partial charge in [0, 0.05) is 56.6 Å². The second kappa shape index (κ2) is 9.88. The maximum Gasteiger partial charge on any atom is 0.490 e. The number of carboxylic acids is 1. The molecule has 3 saturated heterocycles. The zero-order valence-electron chi connectivity index (χ0n) is 17.9. The Morgan fingerprint density at radius 1 is 1.22 bits per heavy atom. The first kappa shape index (κ1) is 24.0. The molecule has 0 aromatic carbocycles. The minimum atomic E-state index is -5.08. The molecule has 1 spiro atoms. The summed E-state index contributed by atoms with van der Waals surface area (Å²) < 4.78 is 37.6. The number of urea groups is 1. The number of anilines is 1. The first-order valence-corrected chi connectivity index (χ1v) is 10.6. The van der Waals surface area contributed by atoms with Gasteiger partial charge in [-0.15, -0.1) is 0 Å². The average Bonchev–Trinajstić information content (AvgIpc) is 3.41. The minimum Gasteiger partial charge on any atom is -0.475 e. The van der Waals surface area contributed by atoms with Crippen LogP contribution in [-0.2, 0) is 9.53 Å². The van der Waals surface area contributed by atoms with Gasteiger partial charge in [-0.3, -0.25) is 0 Å². The van der Waals surface area contributed by atoms with Crippen LogP contribution in [0.5, 0.6) is 0 Å². The molecule has 0 bridgehead atoms. The number of aliphatic carboxylic acids is 1. The number of aryl methyl sites for hydroxylation is 1. The number of amides is 2. The minimum absolute atomic E-state index is 0.0398. The maximum atomic E-state index is 12.6. The number of carbonyl (C=O) groups is 2. The number of alkyl halides is 3. The molecule has 12 heteroatoms. The molecule has 1 aromatic rings. The summed E-state index contributed by atoms with van der Waals surface area (Å²) >= 11 is 0. The third-order valence-electron chi connectivity index (χ3n) is 6.05. The standard InChI is InChI=1S/C18H27N5O2.C2HF3O2/c1-14-10-19-16(20-11-14)23-8-5-18(12-23)13-25-9-4-15(18)21-17(24)22-6-2-3-7-22;3-2(4,5)1(6)7/h10-11,15H,2-9,12-13H2,1H3,(H,21,24);(H,6,7). The van der Waals surface area contributed by atoms with Crippen molar-refractivity contribution in [2.24, 2.45) is 5.41 Å². The second-order valence-corrected chi connectivity index (χ2v) is 8.43. The van der Waals surface area contributed by atoms with Crippen molar-refractivity contribution in [3.05, 3.63) is 18.0 Å². The van der Waals surface area contributed by atoms with Gasteiger partial charge >= 0.3 is 18.2 Å². The zero-order valence-corrected chi connectivity index (χ0v) is 17.9. The van der Waals surface area contributed by atoms with Crippen LogP contribution in [0.3, 0.4) is 0 Å². The lowest BCUT2D eigenvalue weighted by atomic mass is 9.77. The van der Waals surface area contributed by atoms with Gasteiger partial charge in [-0.2, -0.15) is 13.2 Å². The van der Waals surface area contributed by atoms with E-state index in [1.54, 1.807) is 0 Å². The number of halogens is 3. The highest BCUT2D eigenvalue weighted by molar-refractivity contribution is 5.75. The van der Waals surface area contributed by atoms with Gasteiger partial charge in [0.2, 0.25) is 5.95 Å². The maximum absolute atomic E-state index is 12.6. The van der Waals surface area contributed by atoms with E-state index < -0.39 is 12.1 Å². The number of nitrogens with zero attached hydrogens (tertiary/aromatic N) is 4. The summed E-state index contributed by atoms with van der Waals surface area (Å²) in [6, 6.07) is 0.249. The van der Waals surface area contributed by atoms with Crippen LogP contribution in [0.1, 0.15) is 31.2 Å². The summed E-state index contributed by atoms with van der Waals surface area (Å²) in [5, 5.41) is 10.4. The fourth-order valence-corrected chi connectivity index (χ4v) is 4.29. The summed E-state index contributed by atoms with van der Waals surface area (Å²) in [6.45, 7) is 6.91. The molecule has 3 aliphatic rings. The summed E-state index contributed by atoms with van der Waals surface area (Å²) in [5.41, 5.74) is 1.02. The highest BCUT2D eigenvalue weighted by Crippen LogP contribution is 2.39. The van der Waals surface area contributed by atoms with Gasteiger partial charge in [-0.25, -0.2) is 19.6 Å². The Labute approximate surface area is 183 Å². The van der Waals surface area contributed by atoms with Crippen molar-refractivity contribution in [3.63, 3.8) is 0 Å². The predicted octanol–water partition coefficient (Wildman–Crippen LogP) is 2.21. The average molecular weight is 459 g/mol. The van der Waals surface area contributed by atoms with Crippen molar-refractivity contribution in [2.45, 2.75) is 44.8 Å². The fraction of sp³-hybridized carbons (Fsp3) is 0.700. The smallest absolute Gasteiger partial charge is 0.475 e. The quantitative estimate of drug-likeness (QED) is 0.698. The van der Waals surface area contributed by atoms with E-state index in [2.05, 4.69) is 20.2 Å². The van der Waals surface area contributed by atoms with Gasteiger partial charge in [-0.05, 0) is 38.2 Å². The van der Waals surface area contributed by atoms with Crippen LogP contribution in [0.4, 0.5) is 23.9 Å². The van der Waals surface area contributed by atoms with Gasteiger partial charge in [0.15, 0.2) is 0 Å². The predicted molar refractivity (Wildman–Crippen MR) is 108 cm³/mol. The molecular weight excluding hydrogens is 431 g/mol. The van der Waals surface area contributed by atoms with Gasteiger partial charge in [0.1, 0.15) is 0 Å². The van der Waals surface area contributed by atoms with E-state index in [-0.39, 0.29) is 17.5 Å². The van der Waals surface area contributed by atoms with E-state index in [0.717, 1.165) is 63.4 Å². The van der Waals surface area contributed by atoms with E-state index in [4.69, 9.17) is 14.6 Å². The number of carbonyl (C=O) groups excluding carboxylic acids is 1. The van der Waals surface area contributed by atoms with Gasteiger partial charge < -0.3 is 25.0 Å². The molecular formula is C20H28F3N5O4. The fourth-order valence-electron chi connectivity index (χ4n) is 4.29. The molecule has 2 atom stereocenters. The lowest BCUT2D eigenvalue weighted by molar-refractivity contribution is -0.192. The molecule has 3 aliphatic heterocycles. The van der Waals surface area contributed by atoms with E-state index in [1.807, 2.05) is 24.2 Å². The second-order valence-electron chi connectivity index (χ2n) is 8.43. The van der Waals surface area contributed by atoms with Crippen molar-refractivity contribution in [3.8, 4) is 0 Å². The van der Waals surface area contributed by atoms with Crippen molar-refractivity contribution < 1.29 is 32.6 Å². The summed E-state index contributed by atoms with van der Waals surface area (Å²) in [6.07, 6.45) is 2.74. The Hall–Kier alpha value is -2.63. The van der Waals surface area contributed by atoms with Crippen LogP contribution in [0.25, 0.3) is 0 Å². The van der Waals surface area contributed by atoms with Crippen molar-refractivity contribution in [2.75, 3.05) is 44.3 Å². The first-order chi connectivity index (χ1) is 15.1. The molecule has 0 aliphatic carbocycles. The van der Waals surface area contributed by atoms with Crippen LogP contribution >= 0.6 is 0 Å². The molecule has 2 amide bonds. The Balaban J connectivity index is 0.000000360. The Kier molecular flexibility index (Phi) is 7.42. The summed E-state index contributed by atoms with van der Waals surface area (Å²) in [7, 11) is 0. The molecule has 4 heterocycles. The topological polar surface area (TPSA) is 108 Å². The third kappa shape index (κ3) is 5.78. The summed E-state index contributed by atoms with van der Waals surface area (Å²) in [5.74, 6) is -1.98. The van der Waals surface area contributed by atoms with E-state index in [1.165, 1.54) is 0 Å². The van der Waals surface area contributed by atoms with Crippen LogP contribution in [0.15, 0.2) is 12.4 Å². The largest absolute Gasteiger partial charge is 0.490 e. The Morgan fingerprint density at radius 2 is 1.84 bits per heavy atom. The van der Waals surface area contributed by atoms with Crippen LogP contribution in [0.2, 0.25) is 0 Å². The molecule has 0 radical (unpaired) electrons. The number of likely N-dealkylation sites (tertiary alicyclic amines) is 1. The summed E-state index contributed by atoms with van der Waals surface area (Å²) in [4.78, 5) is 34.6. The molecule has 2 unspecified atom stereocenters. The molecule has 9 nitrogen and oxygen atoms in total. The van der Waals surface area contributed by atoms with E-state index >= 15 is 0 Å². The van der Waals surface area contributed by atoms with Crippen LogP contribution in [0, 0.1) is 12.3 Å². The van der Waals surface area contributed by atoms with Crippen molar-refractivity contribution >= 4 is 17.9 Å². The van der Waals surface area contributed by atoms with Crippen molar-refractivity contribution in [1.82, 2.24) is 20.2 Å². The van der Waals surface area contributed by atoms with Crippen LogP contribution < -0.4 is 10.2 Å². The lowest BCUT2D eigenvalue weighted by Crippen LogP contribution is -2.57. The third-order valence-corrected chi connectivity index (χ3v) is 6.05. The molecule has 0 saturated carbocycles. The number of hydrogen-bond donors (Lipinski definition) is 2. The van der Waals surface area contributed by atoms with Crippen LogP contribution in [-0.4, -0.2) is 83.6 Å².